The van der Waals surface area contributed by atoms with E-state index in [0.717, 1.165) is 5.56 Å². The Bertz CT molecular complexity index is 1060. The Morgan fingerprint density at radius 3 is 2.72 bits per heavy atom. The zero-order valence-corrected chi connectivity index (χ0v) is 13.7. The number of nitrogens with one attached hydrogen (secondary N) is 1. The predicted octanol–water partition coefficient (Wildman–Crippen LogP) is 3.70. The molecule has 4 rings (SSSR count). The molecule has 0 saturated heterocycles. The number of benzene rings is 1. The molecule has 0 saturated carbocycles. The van der Waals surface area contributed by atoms with Gasteiger partial charge in [-0.25, -0.2) is 9.50 Å². The maximum Gasteiger partial charge on any atom is 0.257 e. The van der Waals surface area contributed by atoms with Gasteiger partial charge in [0.2, 0.25) is 0 Å². The van der Waals surface area contributed by atoms with Gasteiger partial charge in [0, 0.05) is 35.9 Å². The van der Waals surface area contributed by atoms with Crippen molar-refractivity contribution < 1.29 is 4.79 Å². The van der Waals surface area contributed by atoms with Crippen molar-refractivity contribution >= 4 is 28.8 Å². The topological polar surface area (TPSA) is 72.2 Å². The monoisotopic (exact) mass is 349 g/mol. The second-order valence-electron chi connectivity index (χ2n) is 5.37. The first kappa shape index (κ1) is 15.3. The van der Waals surface area contributed by atoms with Crippen molar-refractivity contribution in [2.45, 2.75) is 0 Å². The van der Waals surface area contributed by atoms with Crippen molar-refractivity contribution in [3.8, 4) is 11.4 Å². The molecule has 3 aromatic heterocycles. The highest BCUT2D eigenvalue weighted by atomic mass is 35.5. The van der Waals surface area contributed by atoms with Gasteiger partial charge in [0.05, 0.1) is 10.6 Å². The van der Waals surface area contributed by atoms with E-state index < -0.39 is 0 Å². The van der Waals surface area contributed by atoms with Crippen LogP contribution in [-0.2, 0) is 0 Å². The fourth-order valence-corrected chi connectivity index (χ4v) is 2.58. The minimum atomic E-state index is -0.290. The van der Waals surface area contributed by atoms with Crippen LogP contribution in [0.4, 0.5) is 5.69 Å². The van der Waals surface area contributed by atoms with E-state index in [0.29, 0.717) is 27.7 Å². The number of carbonyl (C=O) groups is 1. The van der Waals surface area contributed by atoms with Crippen LogP contribution in [0.3, 0.4) is 0 Å². The zero-order chi connectivity index (χ0) is 17.2. The van der Waals surface area contributed by atoms with E-state index in [4.69, 9.17) is 11.6 Å². The molecule has 3 heterocycles. The minimum absolute atomic E-state index is 0.290. The fraction of sp³-hybridized carbons (Fsp3) is 0. The van der Waals surface area contributed by atoms with Crippen LogP contribution < -0.4 is 5.32 Å². The summed E-state index contributed by atoms with van der Waals surface area (Å²) in [6.45, 7) is 0. The smallest absolute Gasteiger partial charge is 0.257 e. The van der Waals surface area contributed by atoms with Crippen molar-refractivity contribution in [3.63, 3.8) is 0 Å². The van der Waals surface area contributed by atoms with Gasteiger partial charge in [-0.05, 0) is 12.1 Å². The number of pyridine rings is 2. The fourth-order valence-electron chi connectivity index (χ4n) is 2.41. The van der Waals surface area contributed by atoms with Crippen LogP contribution in [0.15, 0.2) is 67.1 Å². The maximum absolute atomic E-state index is 12.3. The van der Waals surface area contributed by atoms with Crippen LogP contribution in [0.25, 0.3) is 17.0 Å². The molecule has 6 nitrogen and oxygen atoms in total. The molecule has 25 heavy (non-hydrogen) atoms. The van der Waals surface area contributed by atoms with Crippen molar-refractivity contribution in [3.05, 3.63) is 77.7 Å². The van der Waals surface area contributed by atoms with Crippen LogP contribution in [0, 0.1) is 0 Å². The summed E-state index contributed by atoms with van der Waals surface area (Å²) in [5.41, 5.74) is 2.57. The lowest BCUT2D eigenvalue weighted by molar-refractivity contribution is 0.102. The number of rotatable bonds is 3. The molecule has 0 unspecified atom stereocenters. The van der Waals surface area contributed by atoms with E-state index in [1.165, 1.54) is 12.4 Å². The van der Waals surface area contributed by atoms with Gasteiger partial charge in [-0.1, -0.05) is 41.9 Å². The maximum atomic E-state index is 12.3. The summed E-state index contributed by atoms with van der Waals surface area (Å²) in [6.07, 6.45) is 4.69. The molecule has 1 aromatic carbocycles. The molecule has 1 N–H and O–H groups in total. The first-order valence-corrected chi connectivity index (χ1v) is 7.90. The van der Waals surface area contributed by atoms with Crippen LogP contribution in [-0.4, -0.2) is 25.5 Å². The summed E-state index contributed by atoms with van der Waals surface area (Å²) in [5.74, 6) is 0.338. The molecule has 0 aliphatic rings. The lowest BCUT2D eigenvalue weighted by atomic mass is 10.2. The molecule has 1 amide bonds. The number of hydrogen-bond acceptors (Lipinski definition) is 4. The third-order valence-electron chi connectivity index (χ3n) is 3.59. The largest absolute Gasteiger partial charge is 0.322 e. The molecule has 122 valence electrons. The summed E-state index contributed by atoms with van der Waals surface area (Å²) in [7, 11) is 0. The normalized spacial score (nSPS) is 10.8. The number of anilines is 1. The molecule has 0 fully saturated rings. The Kier molecular flexibility index (Phi) is 3.87. The number of carbonyl (C=O) groups excluding carboxylic acids is 1. The second kappa shape index (κ2) is 6.33. The summed E-state index contributed by atoms with van der Waals surface area (Å²) < 4.78 is 1.67. The number of amides is 1. The summed E-state index contributed by atoms with van der Waals surface area (Å²) in [4.78, 5) is 20.7. The van der Waals surface area contributed by atoms with Crippen molar-refractivity contribution in [2.24, 2.45) is 0 Å². The Morgan fingerprint density at radius 2 is 1.92 bits per heavy atom. The van der Waals surface area contributed by atoms with Gasteiger partial charge in [-0.3, -0.25) is 9.78 Å². The van der Waals surface area contributed by atoms with Crippen LogP contribution in [0.1, 0.15) is 10.4 Å². The third kappa shape index (κ3) is 3.20. The zero-order valence-electron chi connectivity index (χ0n) is 12.9. The second-order valence-corrected chi connectivity index (χ2v) is 5.80. The molecule has 0 radical (unpaired) electrons. The number of nitrogens with zero attached hydrogens (tertiary/aromatic N) is 4. The van der Waals surface area contributed by atoms with E-state index in [-0.39, 0.29) is 5.91 Å². The molecule has 0 aliphatic heterocycles. The average Bonchev–Trinajstić information content (AvgIpc) is 3.06. The molecule has 0 atom stereocenters. The van der Waals surface area contributed by atoms with Crippen molar-refractivity contribution in [1.29, 1.82) is 0 Å². The quantitative estimate of drug-likeness (QED) is 0.612. The molecule has 0 spiro atoms. The Hall–Kier alpha value is -3.25. The van der Waals surface area contributed by atoms with Gasteiger partial charge in [0.25, 0.3) is 5.91 Å². The van der Waals surface area contributed by atoms with Crippen molar-refractivity contribution in [1.82, 2.24) is 19.6 Å². The van der Waals surface area contributed by atoms with E-state index in [2.05, 4.69) is 20.4 Å². The number of fused-ring (bicyclic) bond motifs is 1. The van der Waals surface area contributed by atoms with Crippen molar-refractivity contribution in [2.75, 3.05) is 5.32 Å². The van der Waals surface area contributed by atoms with Crippen LogP contribution in [0.2, 0.25) is 5.02 Å². The summed E-state index contributed by atoms with van der Waals surface area (Å²) >= 11 is 5.87. The standard InChI is InChI=1S/C18H12ClN5O/c19-14-8-13(10-20-11-14)18(25)21-15-6-7-24-16(9-15)22-17(23-24)12-4-2-1-3-5-12/h1-11H,(H,21,25). The van der Waals surface area contributed by atoms with Crippen LogP contribution >= 0.6 is 11.6 Å². The Balaban J connectivity index is 1.62. The average molecular weight is 350 g/mol. The number of halogens is 1. The Labute approximate surface area is 148 Å². The van der Waals surface area contributed by atoms with Crippen LogP contribution in [0.5, 0.6) is 0 Å². The molecule has 7 heteroatoms. The number of hydrogen-bond donors (Lipinski definition) is 1. The lowest BCUT2D eigenvalue weighted by Crippen LogP contribution is -2.12. The van der Waals surface area contributed by atoms with Gasteiger partial charge >= 0.3 is 0 Å². The Morgan fingerprint density at radius 1 is 1.08 bits per heavy atom. The lowest BCUT2D eigenvalue weighted by Gasteiger charge is -2.05. The highest BCUT2D eigenvalue weighted by molar-refractivity contribution is 6.30. The van der Waals surface area contributed by atoms with Gasteiger partial charge in [-0.15, -0.1) is 5.10 Å². The summed E-state index contributed by atoms with van der Waals surface area (Å²) in [5, 5.41) is 7.66. The molecule has 4 aromatic rings. The molecule has 0 aliphatic carbocycles. The minimum Gasteiger partial charge on any atom is -0.322 e. The first-order chi connectivity index (χ1) is 12.2. The highest BCUT2D eigenvalue weighted by Gasteiger charge is 2.10. The molecule has 0 bridgehead atoms. The van der Waals surface area contributed by atoms with Gasteiger partial charge in [0.15, 0.2) is 11.5 Å². The molecular formula is C18H12ClN5O. The van der Waals surface area contributed by atoms with Gasteiger partial charge < -0.3 is 5.32 Å². The summed E-state index contributed by atoms with van der Waals surface area (Å²) in [6, 6.07) is 14.8. The van der Waals surface area contributed by atoms with E-state index in [1.807, 2.05) is 30.3 Å². The van der Waals surface area contributed by atoms with E-state index >= 15 is 0 Å². The number of aromatic nitrogens is 4. The highest BCUT2D eigenvalue weighted by Crippen LogP contribution is 2.18. The van der Waals surface area contributed by atoms with Gasteiger partial charge in [0.1, 0.15) is 0 Å². The predicted molar refractivity (Wildman–Crippen MR) is 95.6 cm³/mol. The van der Waals surface area contributed by atoms with E-state index in [1.54, 1.807) is 28.9 Å². The third-order valence-corrected chi connectivity index (χ3v) is 3.80. The first-order valence-electron chi connectivity index (χ1n) is 7.53. The van der Waals surface area contributed by atoms with Gasteiger partial charge in [-0.2, -0.15) is 0 Å². The molecular weight excluding hydrogens is 338 g/mol. The van der Waals surface area contributed by atoms with E-state index in [9.17, 15) is 4.79 Å². The SMILES string of the molecule is O=C(Nc1ccn2nc(-c3ccccc3)nc2c1)c1cncc(Cl)c1.